The molecule has 1 aliphatic rings. The van der Waals surface area contributed by atoms with Crippen LogP contribution in [0.1, 0.15) is 24.0 Å². The molecule has 1 aromatic rings. The van der Waals surface area contributed by atoms with Gasteiger partial charge in [0.05, 0.1) is 7.11 Å². The third-order valence-corrected chi connectivity index (χ3v) is 3.10. The van der Waals surface area contributed by atoms with Crippen molar-refractivity contribution in [2.24, 2.45) is 4.99 Å². The average molecular weight is 246 g/mol. The zero-order chi connectivity index (χ0) is 13.1. The lowest BCUT2D eigenvalue weighted by molar-refractivity contribution is -0.141. The highest BCUT2D eigenvalue weighted by Gasteiger charge is 2.25. The third kappa shape index (κ3) is 2.70. The molecular formula is C14H18N2O2. The summed E-state index contributed by atoms with van der Waals surface area (Å²) in [5, 5.41) is 3.29. The highest BCUT2D eigenvalue weighted by molar-refractivity contribution is 5.99. The molecule has 18 heavy (non-hydrogen) atoms. The van der Waals surface area contributed by atoms with E-state index in [9.17, 15) is 4.79 Å². The molecule has 1 aliphatic heterocycles. The van der Waals surface area contributed by atoms with Crippen LogP contribution >= 0.6 is 0 Å². The van der Waals surface area contributed by atoms with Gasteiger partial charge in [-0.1, -0.05) is 17.7 Å². The highest BCUT2D eigenvalue weighted by Crippen LogP contribution is 2.20. The van der Waals surface area contributed by atoms with Crippen molar-refractivity contribution in [2.75, 3.05) is 12.4 Å². The van der Waals surface area contributed by atoms with Crippen LogP contribution in [-0.2, 0) is 9.53 Å². The van der Waals surface area contributed by atoms with Crippen LogP contribution in [0.15, 0.2) is 23.2 Å². The van der Waals surface area contributed by atoms with Crippen LogP contribution in [0.5, 0.6) is 0 Å². The van der Waals surface area contributed by atoms with Crippen LogP contribution in [0.4, 0.5) is 5.69 Å². The first-order valence-electron chi connectivity index (χ1n) is 6.09. The molecule has 0 saturated heterocycles. The van der Waals surface area contributed by atoms with Gasteiger partial charge >= 0.3 is 5.97 Å². The maximum Gasteiger partial charge on any atom is 0.330 e. The number of nitrogens with zero attached hydrogens (tertiary/aromatic N) is 1. The largest absolute Gasteiger partial charge is 0.467 e. The van der Waals surface area contributed by atoms with Crippen molar-refractivity contribution in [3.63, 3.8) is 0 Å². The number of anilines is 1. The quantitative estimate of drug-likeness (QED) is 0.815. The van der Waals surface area contributed by atoms with E-state index in [2.05, 4.69) is 36.3 Å². The Kier molecular flexibility index (Phi) is 3.65. The summed E-state index contributed by atoms with van der Waals surface area (Å²) in [4.78, 5) is 15.7. The summed E-state index contributed by atoms with van der Waals surface area (Å²) >= 11 is 0. The number of carbonyl (C=O) groups excluding carboxylic acids is 1. The molecule has 2 rings (SSSR count). The lowest BCUT2D eigenvalue weighted by Gasteiger charge is -2.09. The van der Waals surface area contributed by atoms with Crippen LogP contribution in [0.25, 0.3) is 0 Å². The first kappa shape index (κ1) is 12.6. The van der Waals surface area contributed by atoms with Gasteiger partial charge < -0.3 is 10.1 Å². The summed E-state index contributed by atoms with van der Waals surface area (Å²) in [6, 6.07) is 5.87. The van der Waals surface area contributed by atoms with Gasteiger partial charge in [-0.3, -0.25) is 4.99 Å². The Bertz CT molecular complexity index is 495. The number of rotatable bonds is 2. The maximum atomic E-state index is 11.4. The van der Waals surface area contributed by atoms with Crippen molar-refractivity contribution in [1.82, 2.24) is 0 Å². The fourth-order valence-corrected chi connectivity index (χ4v) is 2.10. The van der Waals surface area contributed by atoms with Gasteiger partial charge in [0.25, 0.3) is 0 Å². The number of hydrogen-bond acceptors (Lipinski definition) is 4. The number of benzene rings is 1. The number of esters is 1. The van der Waals surface area contributed by atoms with E-state index < -0.39 is 0 Å². The molecule has 0 fully saturated rings. The van der Waals surface area contributed by atoms with Gasteiger partial charge in [-0.15, -0.1) is 0 Å². The van der Waals surface area contributed by atoms with Crippen LogP contribution in [0.3, 0.4) is 0 Å². The Balaban J connectivity index is 2.08. The molecule has 0 saturated carbocycles. The highest BCUT2D eigenvalue weighted by atomic mass is 16.5. The lowest BCUT2D eigenvalue weighted by atomic mass is 10.1. The Morgan fingerprint density at radius 2 is 2.22 bits per heavy atom. The first-order chi connectivity index (χ1) is 8.60. The van der Waals surface area contributed by atoms with E-state index in [4.69, 9.17) is 4.74 Å². The van der Waals surface area contributed by atoms with E-state index in [1.807, 2.05) is 6.07 Å². The predicted octanol–water partition coefficient (Wildman–Crippen LogP) is 2.45. The van der Waals surface area contributed by atoms with Crippen LogP contribution < -0.4 is 5.32 Å². The number of ether oxygens (including phenoxy) is 1. The van der Waals surface area contributed by atoms with Gasteiger partial charge in [0.1, 0.15) is 11.9 Å². The van der Waals surface area contributed by atoms with E-state index in [1.54, 1.807) is 0 Å². The van der Waals surface area contributed by atoms with Crippen LogP contribution in [0, 0.1) is 13.8 Å². The topological polar surface area (TPSA) is 50.7 Å². The SMILES string of the molecule is COC(=O)C1CCC(Nc2ccc(C)cc2C)=N1. The standard InChI is InChI=1S/C14H18N2O2/c1-9-4-5-11(10(2)8-9)15-13-7-6-12(16-13)14(17)18-3/h4-5,8,12H,6-7H2,1-3H3,(H,15,16). The predicted molar refractivity (Wildman–Crippen MR) is 72.0 cm³/mol. The molecule has 0 radical (unpaired) electrons. The van der Waals surface area contributed by atoms with Gasteiger partial charge in [-0.2, -0.15) is 0 Å². The Hall–Kier alpha value is -1.84. The van der Waals surface area contributed by atoms with Crippen molar-refractivity contribution in [3.8, 4) is 0 Å². The minimum atomic E-state index is -0.344. The molecule has 4 nitrogen and oxygen atoms in total. The molecule has 1 heterocycles. The van der Waals surface area contributed by atoms with Crippen molar-refractivity contribution in [1.29, 1.82) is 0 Å². The molecule has 1 aromatic carbocycles. The Morgan fingerprint density at radius 3 is 2.89 bits per heavy atom. The fourth-order valence-electron chi connectivity index (χ4n) is 2.10. The minimum absolute atomic E-state index is 0.257. The van der Waals surface area contributed by atoms with Crippen molar-refractivity contribution in [3.05, 3.63) is 29.3 Å². The third-order valence-electron chi connectivity index (χ3n) is 3.10. The van der Waals surface area contributed by atoms with Gasteiger partial charge in [0, 0.05) is 12.1 Å². The van der Waals surface area contributed by atoms with Gasteiger partial charge in [-0.25, -0.2) is 4.79 Å². The molecular weight excluding hydrogens is 228 g/mol. The lowest BCUT2D eigenvalue weighted by Crippen LogP contribution is -2.17. The monoisotopic (exact) mass is 246 g/mol. The number of amidine groups is 1. The second-order valence-corrected chi connectivity index (χ2v) is 4.60. The zero-order valence-corrected chi connectivity index (χ0v) is 11.0. The smallest absolute Gasteiger partial charge is 0.330 e. The summed E-state index contributed by atoms with van der Waals surface area (Å²) in [6.07, 6.45) is 1.51. The Labute approximate surface area is 107 Å². The molecule has 0 amide bonds. The number of methoxy groups -OCH3 is 1. The van der Waals surface area contributed by atoms with Crippen LogP contribution in [0.2, 0.25) is 0 Å². The first-order valence-corrected chi connectivity index (χ1v) is 6.09. The van der Waals surface area contributed by atoms with E-state index in [0.29, 0.717) is 0 Å². The molecule has 0 spiro atoms. The molecule has 1 unspecified atom stereocenters. The summed E-state index contributed by atoms with van der Waals surface area (Å²) in [6.45, 7) is 4.12. The summed E-state index contributed by atoms with van der Waals surface area (Å²) < 4.78 is 4.70. The molecule has 0 aliphatic carbocycles. The van der Waals surface area contributed by atoms with Gasteiger partial charge in [-0.05, 0) is 31.9 Å². The fraction of sp³-hybridized carbons (Fsp3) is 0.429. The van der Waals surface area contributed by atoms with Gasteiger partial charge in [0.2, 0.25) is 0 Å². The second kappa shape index (κ2) is 5.21. The minimum Gasteiger partial charge on any atom is -0.467 e. The van der Waals surface area contributed by atoms with Gasteiger partial charge in [0.15, 0.2) is 0 Å². The molecule has 1 N–H and O–H groups in total. The molecule has 1 atom stereocenters. The Morgan fingerprint density at radius 1 is 1.44 bits per heavy atom. The zero-order valence-electron chi connectivity index (χ0n) is 11.0. The average Bonchev–Trinajstić information content (AvgIpc) is 2.80. The van der Waals surface area contributed by atoms with Crippen LogP contribution in [-0.4, -0.2) is 25.0 Å². The normalized spacial score (nSPS) is 18.4. The van der Waals surface area contributed by atoms with E-state index in [0.717, 1.165) is 24.4 Å². The maximum absolute atomic E-state index is 11.4. The summed E-state index contributed by atoms with van der Waals surface area (Å²) in [7, 11) is 1.40. The molecule has 0 aromatic heterocycles. The van der Waals surface area contributed by atoms with Crippen molar-refractivity contribution < 1.29 is 9.53 Å². The molecule has 96 valence electrons. The van der Waals surface area contributed by atoms with Crippen molar-refractivity contribution >= 4 is 17.5 Å². The number of aliphatic imine (C=N–C) groups is 1. The number of aryl methyl sites for hydroxylation is 2. The number of nitrogens with one attached hydrogen (secondary N) is 1. The summed E-state index contributed by atoms with van der Waals surface area (Å²) in [5.74, 6) is 0.602. The number of hydrogen-bond donors (Lipinski definition) is 1. The molecule has 4 heteroatoms. The molecule has 0 bridgehead atoms. The van der Waals surface area contributed by atoms with E-state index >= 15 is 0 Å². The van der Waals surface area contributed by atoms with E-state index in [1.165, 1.54) is 18.2 Å². The second-order valence-electron chi connectivity index (χ2n) is 4.60. The summed E-state index contributed by atoms with van der Waals surface area (Å²) in [5.41, 5.74) is 3.46. The van der Waals surface area contributed by atoms with Crippen molar-refractivity contribution in [2.45, 2.75) is 32.7 Å². The van der Waals surface area contributed by atoms with E-state index in [-0.39, 0.29) is 12.0 Å². The number of carbonyl (C=O) groups is 1.